The van der Waals surface area contributed by atoms with Gasteiger partial charge in [-0.2, -0.15) is 0 Å². The highest BCUT2D eigenvalue weighted by Gasteiger charge is 2.20. The van der Waals surface area contributed by atoms with E-state index in [1.807, 2.05) is 36.4 Å². The number of para-hydroxylation sites is 2. The van der Waals surface area contributed by atoms with Crippen molar-refractivity contribution in [1.82, 2.24) is 14.0 Å². The van der Waals surface area contributed by atoms with Gasteiger partial charge in [-0.15, -0.1) is 0 Å². The van der Waals surface area contributed by atoms with Gasteiger partial charge in [-0.05, 0) is 110 Å². The van der Waals surface area contributed by atoms with E-state index in [1.54, 1.807) is 0 Å². The molecule has 5 nitrogen and oxygen atoms in total. The zero-order chi connectivity index (χ0) is 33.6. The third-order valence-corrected chi connectivity index (χ3v) is 10.3. The van der Waals surface area contributed by atoms with Crippen molar-refractivity contribution in [3.63, 3.8) is 0 Å². The quantitative estimate of drug-likeness (QED) is 0.141. The Labute approximate surface area is 291 Å². The minimum Gasteiger partial charge on any atom is -0.437 e. The van der Waals surface area contributed by atoms with E-state index in [4.69, 9.17) is 16.0 Å². The smallest absolute Gasteiger partial charge is 0.232 e. The molecule has 0 saturated carbocycles. The molecule has 11 aromatic rings. The van der Waals surface area contributed by atoms with E-state index >= 15 is 0 Å². The second-order valence-electron chi connectivity index (χ2n) is 13.1. The summed E-state index contributed by atoms with van der Waals surface area (Å²) < 4.78 is 10.7. The van der Waals surface area contributed by atoms with Gasteiger partial charge < -0.3 is 8.98 Å². The Morgan fingerprint density at radius 2 is 1.12 bits per heavy atom. The number of nitrogens with zero attached hydrogens (tertiary/aromatic N) is 4. The molecular formula is C46H26N4O. The molecule has 51 heavy (non-hydrogen) atoms. The molecule has 0 bridgehead atoms. The number of imidazole rings is 1. The number of hydrogen-bond acceptors (Lipinski definition) is 2. The number of fused-ring (bicyclic) bond motifs is 10. The van der Waals surface area contributed by atoms with Crippen molar-refractivity contribution in [2.24, 2.45) is 0 Å². The molecule has 0 unspecified atom stereocenters. The first-order chi connectivity index (χ1) is 25.2. The number of benzene rings is 7. The monoisotopic (exact) mass is 650 g/mol. The van der Waals surface area contributed by atoms with Crippen LogP contribution >= 0.6 is 0 Å². The maximum atomic E-state index is 7.75. The van der Waals surface area contributed by atoms with E-state index in [2.05, 4.69) is 135 Å². The molecule has 0 amide bonds. The van der Waals surface area contributed by atoms with Crippen molar-refractivity contribution < 1.29 is 4.42 Å². The van der Waals surface area contributed by atoms with E-state index < -0.39 is 0 Å². The Morgan fingerprint density at radius 1 is 0.529 bits per heavy atom. The standard InChI is InChI=1S/C46H26N4O/c1-47-30-21-23-40-38(26-30)37-25-28(19-22-39(37)50(40)31-11-3-2-4-12-31)43-32-13-5-7-15-34(32)44(35-16-8-6-14-33(35)43)29-20-24-42-48-45-36-17-9-10-18-41(36)51-46(45)49(42)27-29/h2-27H. The number of aromatic nitrogens is 3. The van der Waals surface area contributed by atoms with Gasteiger partial charge in [0.25, 0.3) is 0 Å². The Morgan fingerprint density at radius 3 is 1.82 bits per heavy atom. The van der Waals surface area contributed by atoms with Crippen LogP contribution in [-0.4, -0.2) is 14.0 Å². The molecule has 236 valence electrons. The van der Waals surface area contributed by atoms with Crippen LogP contribution in [0.5, 0.6) is 0 Å². The first-order valence-electron chi connectivity index (χ1n) is 17.0. The van der Waals surface area contributed by atoms with Gasteiger partial charge in [0.2, 0.25) is 5.71 Å². The summed E-state index contributed by atoms with van der Waals surface area (Å²) >= 11 is 0. The van der Waals surface area contributed by atoms with Crippen LogP contribution in [0.2, 0.25) is 0 Å². The van der Waals surface area contributed by atoms with Crippen molar-refractivity contribution in [3.8, 4) is 27.9 Å². The lowest BCUT2D eigenvalue weighted by Gasteiger charge is -2.18. The van der Waals surface area contributed by atoms with Crippen LogP contribution in [-0.2, 0) is 0 Å². The van der Waals surface area contributed by atoms with Crippen LogP contribution in [0.25, 0.3) is 104 Å². The largest absolute Gasteiger partial charge is 0.437 e. The average molecular weight is 651 g/mol. The van der Waals surface area contributed by atoms with Gasteiger partial charge in [-0.3, -0.25) is 4.40 Å². The van der Waals surface area contributed by atoms with Gasteiger partial charge in [0.1, 0.15) is 16.7 Å². The zero-order valence-corrected chi connectivity index (χ0v) is 27.2. The Balaban J connectivity index is 1.19. The number of pyridine rings is 1. The summed E-state index contributed by atoms with van der Waals surface area (Å²) in [6.45, 7) is 7.75. The van der Waals surface area contributed by atoms with Crippen LogP contribution in [0.1, 0.15) is 0 Å². The molecule has 4 aromatic heterocycles. The number of furan rings is 1. The molecule has 0 fully saturated rings. The molecule has 5 heteroatoms. The lowest BCUT2D eigenvalue weighted by atomic mass is 9.86. The Hall–Kier alpha value is -7.16. The van der Waals surface area contributed by atoms with Crippen molar-refractivity contribution in [3.05, 3.63) is 169 Å². The lowest BCUT2D eigenvalue weighted by Crippen LogP contribution is -1.94. The summed E-state index contributed by atoms with van der Waals surface area (Å²) in [6.07, 6.45) is 2.17. The van der Waals surface area contributed by atoms with Gasteiger partial charge in [0, 0.05) is 22.7 Å². The molecule has 0 aliphatic carbocycles. The van der Waals surface area contributed by atoms with Gasteiger partial charge >= 0.3 is 0 Å². The van der Waals surface area contributed by atoms with Crippen LogP contribution in [0.4, 0.5) is 5.69 Å². The summed E-state index contributed by atoms with van der Waals surface area (Å²) in [7, 11) is 0. The highest BCUT2D eigenvalue weighted by molar-refractivity contribution is 6.22. The fraction of sp³-hybridized carbons (Fsp3) is 0. The van der Waals surface area contributed by atoms with Crippen molar-refractivity contribution >= 4 is 76.9 Å². The highest BCUT2D eigenvalue weighted by Crippen LogP contribution is 2.45. The van der Waals surface area contributed by atoms with E-state index in [9.17, 15) is 0 Å². The van der Waals surface area contributed by atoms with E-state index in [1.165, 1.54) is 32.7 Å². The summed E-state index contributed by atoms with van der Waals surface area (Å²) in [5.41, 5.74) is 11.8. The van der Waals surface area contributed by atoms with Crippen molar-refractivity contribution in [2.75, 3.05) is 0 Å². The minimum atomic E-state index is 0.634. The minimum absolute atomic E-state index is 0.634. The highest BCUT2D eigenvalue weighted by atomic mass is 16.3. The molecule has 4 heterocycles. The third-order valence-electron chi connectivity index (χ3n) is 10.3. The molecule has 0 aliphatic heterocycles. The van der Waals surface area contributed by atoms with E-state index in [0.29, 0.717) is 5.69 Å². The molecule has 7 aromatic carbocycles. The van der Waals surface area contributed by atoms with E-state index in [-0.39, 0.29) is 0 Å². The Kier molecular flexibility index (Phi) is 5.67. The topological polar surface area (TPSA) is 39.7 Å². The van der Waals surface area contributed by atoms with Gasteiger partial charge in [0.05, 0.1) is 17.6 Å². The Bertz CT molecular complexity index is 3210. The molecule has 0 radical (unpaired) electrons. The third kappa shape index (κ3) is 3.93. The molecule has 0 aliphatic rings. The normalized spacial score (nSPS) is 11.9. The predicted molar refractivity (Wildman–Crippen MR) is 209 cm³/mol. The second kappa shape index (κ2) is 10.4. The van der Waals surface area contributed by atoms with Crippen LogP contribution < -0.4 is 0 Å². The second-order valence-corrected chi connectivity index (χ2v) is 13.1. The first kappa shape index (κ1) is 27.8. The molecular weight excluding hydrogens is 625 g/mol. The van der Waals surface area contributed by atoms with Crippen LogP contribution in [0, 0.1) is 6.57 Å². The summed E-state index contributed by atoms with van der Waals surface area (Å²) in [6, 6.07) is 53.0. The maximum absolute atomic E-state index is 7.75. The SMILES string of the molecule is [C-]#[N+]c1ccc2c(c1)c1cc(-c3c4ccccc4c(-c4ccc5nc6c7ccccc7oc6n5c4)c4ccccc34)ccc1n2-c1ccccc1. The molecule has 0 atom stereocenters. The van der Waals surface area contributed by atoms with E-state index in [0.717, 1.165) is 66.5 Å². The maximum Gasteiger partial charge on any atom is 0.232 e. The zero-order valence-electron chi connectivity index (χ0n) is 27.2. The van der Waals surface area contributed by atoms with Crippen LogP contribution in [0.15, 0.2) is 162 Å². The lowest BCUT2D eigenvalue weighted by molar-refractivity contribution is 0.649. The molecule has 0 spiro atoms. The van der Waals surface area contributed by atoms with Crippen LogP contribution in [0.3, 0.4) is 0 Å². The average Bonchev–Trinajstić information content (AvgIpc) is 3.84. The molecule has 0 N–H and O–H groups in total. The first-order valence-corrected chi connectivity index (χ1v) is 17.0. The molecule has 11 rings (SSSR count). The fourth-order valence-electron chi connectivity index (χ4n) is 8.14. The number of hydrogen-bond donors (Lipinski definition) is 0. The summed E-state index contributed by atoms with van der Waals surface area (Å²) in [4.78, 5) is 8.73. The predicted octanol–water partition coefficient (Wildman–Crippen LogP) is 12.5. The summed E-state index contributed by atoms with van der Waals surface area (Å²) in [5.74, 6) is 0. The van der Waals surface area contributed by atoms with Gasteiger partial charge in [0.15, 0.2) is 5.69 Å². The number of rotatable bonds is 3. The van der Waals surface area contributed by atoms with Gasteiger partial charge in [-0.1, -0.05) is 91.0 Å². The van der Waals surface area contributed by atoms with Crippen molar-refractivity contribution in [2.45, 2.75) is 0 Å². The van der Waals surface area contributed by atoms with Gasteiger partial charge in [-0.25, -0.2) is 9.83 Å². The summed E-state index contributed by atoms with van der Waals surface area (Å²) in [5, 5.41) is 7.92. The fourth-order valence-corrected chi connectivity index (χ4v) is 8.14. The van der Waals surface area contributed by atoms with Crippen molar-refractivity contribution in [1.29, 1.82) is 0 Å². The molecule has 0 saturated heterocycles.